The molecule has 4 rings (SSSR count). The average Bonchev–Trinajstić information content (AvgIpc) is 3.33. The van der Waals surface area contributed by atoms with Crippen LogP contribution in [0.25, 0.3) is 0 Å². The summed E-state index contributed by atoms with van der Waals surface area (Å²) < 4.78 is 0. The fourth-order valence-corrected chi connectivity index (χ4v) is 4.68. The van der Waals surface area contributed by atoms with E-state index in [1.807, 2.05) is 23.1 Å². The number of hydrogen-bond acceptors (Lipinski definition) is 4. The van der Waals surface area contributed by atoms with Crippen LogP contribution < -0.4 is 15.5 Å². The van der Waals surface area contributed by atoms with Crippen molar-refractivity contribution in [2.24, 2.45) is 5.41 Å². The van der Waals surface area contributed by atoms with Gasteiger partial charge < -0.3 is 20.4 Å². The molecule has 0 saturated carbocycles. The molecule has 1 aromatic carbocycles. The summed E-state index contributed by atoms with van der Waals surface area (Å²) in [5.41, 5.74) is 2.97. The zero-order valence-corrected chi connectivity index (χ0v) is 17.6. The quantitative estimate of drug-likeness (QED) is 0.773. The van der Waals surface area contributed by atoms with Gasteiger partial charge >= 0.3 is 0 Å². The Morgan fingerprint density at radius 3 is 2.55 bits per heavy atom. The van der Waals surface area contributed by atoms with Crippen LogP contribution in [0.1, 0.15) is 42.1 Å². The second-order valence-corrected chi connectivity index (χ2v) is 8.27. The highest BCUT2D eigenvalue weighted by molar-refractivity contribution is 6.00. The normalized spacial score (nSPS) is 19.6. The molecule has 2 fully saturated rings. The Balaban J connectivity index is 0.00000240. The number of anilines is 1. The molecule has 0 atom stereocenters. The van der Waals surface area contributed by atoms with Crippen LogP contribution in [0, 0.1) is 5.41 Å². The number of hydrogen-bond donors (Lipinski definition) is 2. The highest BCUT2D eigenvalue weighted by atomic mass is 35.5. The molecular weight excluding hydrogens is 392 g/mol. The SMILES string of the molecule is CC(=O)NCC(=O)N1CCc2cc(C(=O)N3CCC4(CCNC4)CC3)ccc21.Cl. The van der Waals surface area contributed by atoms with Crippen molar-refractivity contribution >= 4 is 35.8 Å². The van der Waals surface area contributed by atoms with E-state index in [0.29, 0.717) is 17.5 Å². The summed E-state index contributed by atoms with van der Waals surface area (Å²) in [6.07, 6.45) is 4.09. The maximum Gasteiger partial charge on any atom is 0.253 e. The topological polar surface area (TPSA) is 81.8 Å². The summed E-state index contributed by atoms with van der Waals surface area (Å²) in [5.74, 6) is -0.253. The molecule has 158 valence electrons. The molecule has 7 nitrogen and oxygen atoms in total. The van der Waals surface area contributed by atoms with Crippen molar-refractivity contribution < 1.29 is 14.4 Å². The smallest absolute Gasteiger partial charge is 0.253 e. The van der Waals surface area contributed by atoms with Gasteiger partial charge in [0.2, 0.25) is 11.8 Å². The number of carbonyl (C=O) groups excluding carboxylic acids is 3. The number of nitrogens with zero attached hydrogens (tertiary/aromatic N) is 2. The summed E-state index contributed by atoms with van der Waals surface area (Å²) in [7, 11) is 0. The Hall–Kier alpha value is -2.12. The minimum absolute atomic E-state index is 0. The van der Waals surface area contributed by atoms with Gasteiger partial charge in [-0.2, -0.15) is 0 Å². The van der Waals surface area contributed by atoms with Gasteiger partial charge in [0.05, 0.1) is 6.54 Å². The molecular formula is C21H29ClN4O3. The first kappa shape index (κ1) is 21.6. The largest absolute Gasteiger partial charge is 0.347 e. The van der Waals surface area contributed by atoms with Crippen LogP contribution in [-0.2, 0) is 16.0 Å². The number of rotatable bonds is 3. The van der Waals surface area contributed by atoms with Crippen LogP contribution >= 0.6 is 12.4 Å². The summed E-state index contributed by atoms with van der Waals surface area (Å²) in [4.78, 5) is 40.0. The molecule has 3 aliphatic heterocycles. The lowest BCUT2D eigenvalue weighted by Gasteiger charge is -2.39. The minimum Gasteiger partial charge on any atom is -0.347 e. The molecule has 0 aliphatic carbocycles. The first-order valence-corrected chi connectivity index (χ1v) is 10.2. The lowest BCUT2D eigenvalue weighted by Crippen LogP contribution is -2.44. The summed E-state index contributed by atoms with van der Waals surface area (Å²) >= 11 is 0. The van der Waals surface area contributed by atoms with Gasteiger partial charge in [0.1, 0.15) is 0 Å². The lowest BCUT2D eigenvalue weighted by atomic mass is 9.78. The molecule has 0 aromatic heterocycles. The first-order valence-electron chi connectivity index (χ1n) is 10.2. The molecule has 3 amide bonds. The van der Waals surface area contributed by atoms with Crippen molar-refractivity contribution in [2.45, 2.75) is 32.6 Å². The number of nitrogens with one attached hydrogen (secondary N) is 2. The van der Waals surface area contributed by atoms with Gasteiger partial charge in [-0.15, -0.1) is 12.4 Å². The Morgan fingerprint density at radius 1 is 1.14 bits per heavy atom. The van der Waals surface area contributed by atoms with Gasteiger partial charge in [-0.1, -0.05) is 0 Å². The molecule has 3 aliphatic rings. The van der Waals surface area contributed by atoms with Crippen LogP contribution in [0.4, 0.5) is 5.69 Å². The van der Waals surface area contributed by atoms with Gasteiger partial charge in [0, 0.05) is 44.4 Å². The van der Waals surface area contributed by atoms with Crippen LogP contribution in [0.2, 0.25) is 0 Å². The third-order valence-electron chi connectivity index (χ3n) is 6.46. The Bertz CT molecular complexity index is 797. The minimum atomic E-state index is -0.217. The standard InChI is InChI=1S/C21H28N4O3.ClH/c1-15(26)23-13-19(27)25-9-4-16-12-17(2-3-18(16)25)20(28)24-10-6-21(7-11-24)5-8-22-14-21;/h2-3,12,22H,4-11,13-14H2,1H3,(H,23,26);1H. The number of likely N-dealkylation sites (tertiary alicyclic amines) is 1. The molecule has 3 heterocycles. The Kier molecular flexibility index (Phi) is 6.49. The van der Waals surface area contributed by atoms with E-state index < -0.39 is 0 Å². The van der Waals surface area contributed by atoms with E-state index in [2.05, 4.69) is 10.6 Å². The van der Waals surface area contributed by atoms with Gasteiger partial charge in [0.25, 0.3) is 5.91 Å². The molecule has 8 heteroatoms. The summed E-state index contributed by atoms with van der Waals surface area (Å²) in [6, 6.07) is 5.63. The van der Waals surface area contributed by atoms with Crippen molar-refractivity contribution in [2.75, 3.05) is 44.2 Å². The van der Waals surface area contributed by atoms with Crippen LogP contribution in [0.5, 0.6) is 0 Å². The molecule has 1 spiro atoms. The van der Waals surface area contributed by atoms with Crippen molar-refractivity contribution in [1.82, 2.24) is 15.5 Å². The van der Waals surface area contributed by atoms with E-state index in [1.54, 1.807) is 4.90 Å². The fraction of sp³-hybridized carbons (Fsp3) is 0.571. The molecule has 0 unspecified atom stereocenters. The van der Waals surface area contributed by atoms with Crippen molar-refractivity contribution in [3.63, 3.8) is 0 Å². The number of amides is 3. The predicted octanol–water partition coefficient (Wildman–Crippen LogP) is 1.35. The van der Waals surface area contributed by atoms with Crippen molar-refractivity contribution in [3.05, 3.63) is 29.3 Å². The van der Waals surface area contributed by atoms with E-state index >= 15 is 0 Å². The number of carbonyl (C=O) groups is 3. The van der Waals surface area contributed by atoms with Gasteiger partial charge in [-0.25, -0.2) is 0 Å². The van der Waals surface area contributed by atoms with E-state index in [-0.39, 0.29) is 36.7 Å². The lowest BCUT2D eigenvalue weighted by molar-refractivity contribution is -0.123. The van der Waals surface area contributed by atoms with E-state index in [0.717, 1.165) is 56.7 Å². The number of piperidine rings is 1. The zero-order chi connectivity index (χ0) is 19.7. The average molecular weight is 421 g/mol. The van der Waals surface area contributed by atoms with Crippen molar-refractivity contribution in [1.29, 1.82) is 0 Å². The summed E-state index contributed by atoms with van der Waals surface area (Å²) in [6.45, 7) is 5.79. The second kappa shape index (κ2) is 8.71. The fourth-order valence-electron chi connectivity index (χ4n) is 4.68. The van der Waals surface area contributed by atoms with E-state index in [1.165, 1.54) is 13.3 Å². The summed E-state index contributed by atoms with van der Waals surface area (Å²) in [5, 5.41) is 6.01. The zero-order valence-electron chi connectivity index (χ0n) is 16.8. The molecule has 0 bridgehead atoms. The molecule has 2 saturated heterocycles. The molecule has 2 N–H and O–H groups in total. The first-order chi connectivity index (χ1) is 13.5. The predicted molar refractivity (Wildman–Crippen MR) is 113 cm³/mol. The molecule has 0 radical (unpaired) electrons. The molecule has 1 aromatic rings. The monoisotopic (exact) mass is 420 g/mol. The number of fused-ring (bicyclic) bond motifs is 1. The van der Waals surface area contributed by atoms with Crippen LogP contribution in [0.15, 0.2) is 18.2 Å². The Labute approximate surface area is 177 Å². The van der Waals surface area contributed by atoms with Gasteiger partial charge in [-0.05, 0) is 61.4 Å². The maximum absolute atomic E-state index is 13.0. The third kappa shape index (κ3) is 4.41. The maximum atomic E-state index is 13.0. The number of benzene rings is 1. The van der Waals surface area contributed by atoms with E-state index in [4.69, 9.17) is 0 Å². The highest BCUT2D eigenvalue weighted by Crippen LogP contribution is 2.37. The van der Waals surface area contributed by atoms with Gasteiger partial charge in [0.15, 0.2) is 0 Å². The van der Waals surface area contributed by atoms with Gasteiger partial charge in [-0.3, -0.25) is 14.4 Å². The highest BCUT2D eigenvalue weighted by Gasteiger charge is 2.38. The second-order valence-electron chi connectivity index (χ2n) is 8.27. The van der Waals surface area contributed by atoms with Crippen molar-refractivity contribution in [3.8, 4) is 0 Å². The number of halogens is 1. The Morgan fingerprint density at radius 2 is 1.90 bits per heavy atom. The van der Waals surface area contributed by atoms with Crippen LogP contribution in [0.3, 0.4) is 0 Å². The third-order valence-corrected chi connectivity index (χ3v) is 6.46. The van der Waals surface area contributed by atoms with Crippen LogP contribution in [-0.4, -0.2) is 61.9 Å². The van der Waals surface area contributed by atoms with E-state index in [9.17, 15) is 14.4 Å². The molecule has 29 heavy (non-hydrogen) atoms.